The Morgan fingerprint density at radius 1 is 1.09 bits per heavy atom. The zero-order valence-corrected chi connectivity index (χ0v) is 20.6. The van der Waals surface area contributed by atoms with Crippen molar-refractivity contribution in [2.45, 2.75) is 60.2 Å². The van der Waals surface area contributed by atoms with Crippen LogP contribution in [0.2, 0.25) is 0 Å². The second kappa shape index (κ2) is 10.2. The fraction of sp³-hybridized carbons (Fsp3) is 0.435. The maximum atomic E-state index is 13.0. The maximum Gasteiger partial charge on any atom is 0.247 e. The molecule has 0 spiro atoms. The van der Waals surface area contributed by atoms with Gasteiger partial charge in [0.2, 0.25) is 21.8 Å². The van der Waals surface area contributed by atoms with Gasteiger partial charge in [0.05, 0.1) is 17.4 Å². The number of pyridine rings is 1. The fourth-order valence-electron chi connectivity index (χ4n) is 3.88. The van der Waals surface area contributed by atoms with Crippen molar-refractivity contribution in [2.75, 3.05) is 14.2 Å². The number of benzene rings is 1. The molecule has 33 heavy (non-hydrogen) atoms. The molecule has 3 aromatic rings. The molecule has 0 bridgehead atoms. The molecule has 176 valence electrons. The number of sulfonamides is 1. The van der Waals surface area contributed by atoms with Gasteiger partial charge < -0.3 is 9.15 Å². The van der Waals surface area contributed by atoms with Gasteiger partial charge in [-0.2, -0.15) is 4.31 Å². The third-order valence-electron chi connectivity index (χ3n) is 5.90. The molecule has 10 heteroatoms. The number of hydrogen-bond acceptors (Lipinski definition) is 8. The van der Waals surface area contributed by atoms with Crippen molar-refractivity contribution in [1.29, 1.82) is 0 Å². The van der Waals surface area contributed by atoms with Crippen molar-refractivity contribution in [3.05, 3.63) is 48.5 Å². The first-order valence-corrected chi connectivity index (χ1v) is 13.3. The molecule has 0 N–H and O–H groups in total. The van der Waals surface area contributed by atoms with Crippen molar-refractivity contribution < 1.29 is 17.6 Å². The van der Waals surface area contributed by atoms with Crippen LogP contribution in [-0.2, 0) is 10.0 Å². The zero-order valence-electron chi connectivity index (χ0n) is 19.0. The molecule has 1 unspecified atom stereocenters. The minimum Gasteiger partial charge on any atom is -0.497 e. The molecule has 0 radical (unpaired) electrons. The third kappa shape index (κ3) is 5.39. The highest BCUT2D eigenvalue weighted by molar-refractivity contribution is 7.99. The number of nitrogens with zero attached hydrogens (tertiary/aromatic N) is 4. The highest BCUT2D eigenvalue weighted by Crippen LogP contribution is 2.35. The predicted molar refractivity (Wildman–Crippen MR) is 127 cm³/mol. The number of ether oxygens (including phenoxy) is 1. The lowest BCUT2D eigenvalue weighted by atomic mass is 9.96. The van der Waals surface area contributed by atoms with Crippen molar-refractivity contribution in [3.63, 3.8) is 0 Å². The van der Waals surface area contributed by atoms with Crippen LogP contribution in [0, 0.1) is 0 Å². The van der Waals surface area contributed by atoms with Gasteiger partial charge in [-0.25, -0.2) is 13.4 Å². The van der Waals surface area contributed by atoms with E-state index in [1.807, 2.05) is 31.2 Å². The Labute approximate surface area is 198 Å². The lowest BCUT2D eigenvalue weighted by Gasteiger charge is -2.30. The first-order valence-electron chi connectivity index (χ1n) is 11.0. The van der Waals surface area contributed by atoms with Crippen molar-refractivity contribution in [3.8, 4) is 17.2 Å². The van der Waals surface area contributed by atoms with Crippen LogP contribution in [-0.4, -0.2) is 48.1 Å². The van der Waals surface area contributed by atoms with Crippen LogP contribution < -0.4 is 4.74 Å². The Morgan fingerprint density at radius 3 is 2.45 bits per heavy atom. The molecular formula is C23H28N4O4S2. The van der Waals surface area contributed by atoms with E-state index >= 15 is 0 Å². The Morgan fingerprint density at radius 2 is 1.82 bits per heavy atom. The number of thioether (sulfide) groups is 1. The second-order valence-electron chi connectivity index (χ2n) is 8.08. The van der Waals surface area contributed by atoms with Gasteiger partial charge in [-0.05, 0) is 56.2 Å². The van der Waals surface area contributed by atoms with Crippen molar-refractivity contribution in [2.24, 2.45) is 0 Å². The molecule has 0 amide bonds. The summed E-state index contributed by atoms with van der Waals surface area (Å²) in [7, 11) is -0.269. The van der Waals surface area contributed by atoms with Crippen LogP contribution in [0.25, 0.3) is 11.5 Å². The van der Waals surface area contributed by atoms with Crippen LogP contribution in [0.3, 0.4) is 0 Å². The molecule has 4 rings (SSSR count). The summed E-state index contributed by atoms with van der Waals surface area (Å²) < 4.78 is 38.5. The Kier molecular flexibility index (Phi) is 7.35. The monoisotopic (exact) mass is 488 g/mol. The molecule has 0 saturated heterocycles. The van der Waals surface area contributed by atoms with Gasteiger partial charge in [-0.15, -0.1) is 10.2 Å². The molecule has 1 aliphatic rings. The Hall–Kier alpha value is -2.43. The SMILES string of the molecule is COc1ccc(-c2nnc(C(C)Sc3ccc(S(=O)(=O)N(C)C4CCCCC4)cn3)o2)cc1. The van der Waals surface area contributed by atoms with E-state index < -0.39 is 10.0 Å². The van der Waals surface area contributed by atoms with Crippen molar-refractivity contribution >= 4 is 21.8 Å². The first kappa shape index (κ1) is 23.7. The van der Waals surface area contributed by atoms with E-state index in [0.717, 1.165) is 37.0 Å². The lowest BCUT2D eigenvalue weighted by molar-refractivity contribution is 0.285. The summed E-state index contributed by atoms with van der Waals surface area (Å²) in [5.41, 5.74) is 0.807. The number of methoxy groups -OCH3 is 1. The molecule has 1 saturated carbocycles. The summed E-state index contributed by atoms with van der Waals surface area (Å²) in [6, 6.07) is 10.8. The van der Waals surface area contributed by atoms with Gasteiger partial charge in [-0.1, -0.05) is 31.0 Å². The number of aromatic nitrogens is 3. The van der Waals surface area contributed by atoms with Gasteiger partial charge in [0.25, 0.3) is 0 Å². The maximum absolute atomic E-state index is 13.0. The molecule has 1 aromatic carbocycles. The molecule has 8 nitrogen and oxygen atoms in total. The molecule has 1 aliphatic carbocycles. The van der Waals surface area contributed by atoms with Crippen molar-refractivity contribution in [1.82, 2.24) is 19.5 Å². The van der Waals surface area contributed by atoms with Crippen LogP contribution >= 0.6 is 11.8 Å². The van der Waals surface area contributed by atoms with Gasteiger partial charge in [0, 0.05) is 24.8 Å². The van der Waals surface area contributed by atoms with Crippen LogP contribution in [0.1, 0.15) is 50.2 Å². The van der Waals surface area contributed by atoms with E-state index in [1.54, 1.807) is 26.3 Å². The number of hydrogen-bond donors (Lipinski definition) is 0. The lowest BCUT2D eigenvalue weighted by Crippen LogP contribution is -2.38. The van der Waals surface area contributed by atoms with E-state index in [4.69, 9.17) is 9.15 Å². The second-order valence-corrected chi connectivity index (χ2v) is 11.4. The summed E-state index contributed by atoms with van der Waals surface area (Å²) in [6.45, 7) is 1.94. The summed E-state index contributed by atoms with van der Waals surface area (Å²) in [5.74, 6) is 1.66. The summed E-state index contributed by atoms with van der Waals surface area (Å²) in [5, 5.41) is 8.84. The summed E-state index contributed by atoms with van der Waals surface area (Å²) in [4.78, 5) is 4.59. The van der Waals surface area contributed by atoms with Gasteiger partial charge in [0.15, 0.2) is 0 Å². The third-order valence-corrected chi connectivity index (χ3v) is 8.83. The average Bonchev–Trinajstić information content (AvgIpc) is 3.35. The zero-order chi connectivity index (χ0) is 23.4. The minimum atomic E-state index is -3.56. The van der Waals surface area contributed by atoms with Gasteiger partial charge >= 0.3 is 0 Å². The van der Waals surface area contributed by atoms with E-state index in [-0.39, 0.29) is 16.2 Å². The molecular weight excluding hydrogens is 460 g/mol. The van der Waals surface area contributed by atoms with Gasteiger partial charge in [0.1, 0.15) is 10.6 Å². The van der Waals surface area contributed by atoms with Crippen LogP contribution in [0.4, 0.5) is 0 Å². The van der Waals surface area contributed by atoms with E-state index in [0.29, 0.717) is 16.8 Å². The Balaban J connectivity index is 1.42. The summed E-state index contributed by atoms with van der Waals surface area (Å²) >= 11 is 1.43. The molecule has 2 aromatic heterocycles. The van der Waals surface area contributed by atoms with E-state index in [2.05, 4.69) is 15.2 Å². The Bertz CT molecular complexity index is 1160. The smallest absolute Gasteiger partial charge is 0.247 e. The molecule has 1 fully saturated rings. The quantitative estimate of drug-likeness (QED) is 0.411. The highest BCUT2D eigenvalue weighted by atomic mass is 32.2. The van der Waals surface area contributed by atoms with Gasteiger partial charge in [-0.3, -0.25) is 0 Å². The highest BCUT2D eigenvalue weighted by Gasteiger charge is 2.29. The standard InChI is InChI=1S/C23H28N4O4S2/c1-16(22-25-26-23(31-22)17-9-11-19(30-3)12-10-17)32-21-14-13-20(15-24-21)33(28,29)27(2)18-7-5-4-6-8-18/h9-16,18H,4-8H2,1-3H3. The van der Waals surface area contributed by atoms with E-state index in [1.165, 1.54) is 28.7 Å². The molecule has 1 atom stereocenters. The first-order chi connectivity index (χ1) is 15.9. The normalized spacial score (nSPS) is 16.1. The predicted octanol–water partition coefficient (Wildman–Crippen LogP) is 4.95. The number of rotatable bonds is 8. The minimum absolute atomic E-state index is 0.0650. The largest absolute Gasteiger partial charge is 0.497 e. The fourth-order valence-corrected chi connectivity index (χ4v) is 6.06. The van der Waals surface area contributed by atoms with Crippen LogP contribution in [0.15, 0.2) is 56.9 Å². The average molecular weight is 489 g/mol. The van der Waals surface area contributed by atoms with E-state index in [9.17, 15) is 8.42 Å². The molecule has 0 aliphatic heterocycles. The van der Waals surface area contributed by atoms with Crippen LogP contribution in [0.5, 0.6) is 5.75 Å². The topological polar surface area (TPSA) is 98.4 Å². The summed E-state index contributed by atoms with van der Waals surface area (Å²) in [6.07, 6.45) is 6.59. The molecule has 2 heterocycles.